The van der Waals surface area contributed by atoms with Crippen molar-refractivity contribution in [1.29, 1.82) is 0 Å². The van der Waals surface area contributed by atoms with Crippen LogP contribution in [0.1, 0.15) is 26.7 Å². The van der Waals surface area contributed by atoms with Crippen LogP contribution < -0.4 is 5.32 Å². The van der Waals surface area contributed by atoms with Crippen LogP contribution in [-0.4, -0.2) is 61.7 Å². The van der Waals surface area contributed by atoms with Gasteiger partial charge in [-0.25, -0.2) is 0 Å². The summed E-state index contributed by atoms with van der Waals surface area (Å²) in [4.78, 5) is 5.15. The van der Waals surface area contributed by atoms with Gasteiger partial charge in [-0.05, 0) is 46.2 Å². The third-order valence-corrected chi connectivity index (χ3v) is 4.29. The Kier molecular flexibility index (Phi) is 4.22. The van der Waals surface area contributed by atoms with Crippen molar-refractivity contribution < 1.29 is 0 Å². The molecule has 0 aromatic heterocycles. The third-order valence-electron chi connectivity index (χ3n) is 4.29. The first kappa shape index (κ1) is 12.3. The van der Waals surface area contributed by atoms with Gasteiger partial charge in [-0.15, -0.1) is 0 Å². The standard InChI is InChI=1S/C13H27N3/c1-11-8-13(4-5-14-11)10-16-7-6-15(3)12(2)9-16/h11-14H,4-10H2,1-3H3. The molecule has 0 bridgehead atoms. The van der Waals surface area contributed by atoms with Crippen molar-refractivity contribution in [2.45, 2.75) is 38.8 Å². The van der Waals surface area contributed by atoms with Gasteiger partial charge in [0, 0.05) is 38.3 Å². The number of hydrogen-bond donors (Lipinski definition) is 1. The molecular formula is C13H27N3. The second-order valence-corrected chi connectivity index (χ2v) is 5.83. The summed E-state index contributed by atoms with van der Waals surface area (Å²) in [6.45, 7) is 11.0. The smallest absolute Gasteiger partial charge is 0.0192 e. The zero-order valence-electron chi connectivity index (χ0n) is 11.1. The van der Waals surface area contributed by atoms with Gasteiger partial charge in [0.2, 0.25) is 0 Å². The van der Waals surface area contributed by atoms with E-state index in [0.717, 1.165) is 18.0 Å². The van der Waals surface area contributed by atoms with E-state index in [1.165, 1.54) is 45.6 Å². The summed E-state index contributed by atoms with van der Waals surface area (Å²) in [6, 6.07) is 1.46. The van der Waals surface area contributed by atoms with Crippen LogP contribution in [0.25, 0.3) is 0 Å². The normalized spacial score (nSPS) is 38.8. The number of likely N-dealkylation sites (N-methyl/N-ethyl adjacent to an activating group) is 1. The molecule has 0 radical (unpaired) electrons. The number of nitrogens with one attached hydrogen (secondary N) is 1. The Labute approximate surface area is 100 Å². The zero-order chi connectivity index (χ0) is 11.5. The van der Waals surface area contributed by atoms with E-state index in [1.807, 2.05) is 0 Å². The molecule has 94 valence electrons. The number of piperidine rings is 1. The molecule has 2 aliphatic rings. The first-order chi connectivity index (χ1) is 7.65. The largest absolute Gasteiger partial charge is 0.314 e. The minimum Gasteiger partial charge on any atom is -0.314 e. The monoisotopic (exact) mass is 225 g/mol. The van der Waals surface area contributed by atoms with Gasteiger partial charge in [0.1, 0.15) is 0 Å². The van der Waals surface area contributed by atoms with E-state index in [0.29, 0.717) is 0 Å². The maximum absolute atomic E-state index is 3.54. The van der Waals surface area contributed by atoms with E-state index >= 15 is 0 Å². The Balaban J connectivity index is 1.76. The fraction of sp³-hybridized carbons (Fsp3) is 1.00. The maximum Gasteiger partial charge on any atom is 0.0192 e. The van der Waals surface area contributed by atoms with Crippen LogP contribution in [0.3, 0.4) is 0 Å². The van der Waals surface area contributed by atoms with Crippen molar-refractivity contribution in [2.75, 3.05) is 39.8 Å². The molecule has 2 fully saturated rings. The first-order valence-electron chi connectivity index (χ1n) is 6.81. The van der Waals surface area contributed by atoms with Gasteiger partial charge in [0.25, 0.3) is 0 Å². The average Bonchev–Trinajstić information content (AvgIpc) is 2.24. The van der Waals surface area contributed by atoms with Gasteiger partial charge in [0.15, 0.2) is 0 Å². The minimum atomic E-state index is 0.726. The van der Waals surface area contributed by atoms with E-state index in [9.17, 15) is 0 Å². The van der Waals surface area contributed by atoms with Crippen LogP contribution in [0.15, 0.2) is 0 Å². The fourth-order valence-corrected chi connectivity index (χ4v) is 3.06. The Hall–Kier alpha value is -0.120. The molecule has 3 unspecified atom stereocenters. The molecule has 2 rings (SSSR count). The molecule has 3 heteroatoms. The molecule has 0 spiro atoms. The van der Waals surface area contributed by atoms with Gasteiger partial charge in [-0.1, -0.05) is 0 Å². The van der Waals surface area contributed by atoms with Crippen LogP contribution in [0.2, 0.25) is 0 Å². The number of hydrogen-bond acceptors (Lipinski definition) is 3. The third kappa shape index (κ3) is 3.19. The predicted molar refractivity (Wildman–Crippen MR) is 68.7 cm³/mol. The van der Waals surface area contributed by atoms with Crippen LogP contribution in [0.4, 0.5) is 0 Å². The lowest BCUT2D eigenvalue weighted by Crippen LogP contribution is -2.52. The Bertz CT molecular complexity index is 219. The van der Waals surface area contributed by atoms with Crippen LogP contribution in [0.5, 0.6) is 0 Å². The zero-order valence-corrected chi connectivity index (χ0v) is 11.1. The molecular weight excluding hydrogens is 198 g/mol. The fourth-order valence-electron chi connectivity index (χ4n) is 3.06. The highest BCUT2D eigenvalue weighted by Gasteiger charge is 2.25. The van der Waals surface area contributed by atoms with E-state index < -0.39 is 0 Å². The SMILES string of the molecule is CC1CC(CN2CCN(C)C(C)C2)CCN1. The van der Waals surface area contributed by atoms with Gasteiger partial charge in [0.05, 0.1) is 0 Å². The summed E-state index contributed by atoms with van der Waals surface area (Å²) in [5, 5.41) is 3.54. The second kappa shape index (κ2) is 5.48. The van der Waals surface area contributed by atoms with Crippen molar-refractivity contribution in [3.05, 3.63) is 0 Å². The van der Waals surface area contributed by atoms with Gasteiger partial charge < -0.3 is 15.1 Å². The summed E-state index contributed by atoms with van der Waals surface area (Å²) in [5.74, 6) is 0.923. The van der Waals surface area contributed by atoms with E-state index in [-0.39, 0.29) is 0 Å². The molecule has 0 aromatic carbocycles. The lowest BCUT2D eigenvalue weighted by atomic mass is 9.92. The molecule has 1 N–H and O–H groups in total. The minimum absolute atomic E-state index is 0.726. The number of piperazine rings is 1. The highest BCUT2D eigenvalue weighted by atomic mass is 15.3. The summed E-state index contributed by atoms with van der Waals surface area (Å²) in [6.07, 6.45) is 2.73. The summed E-state index contributed by atoms with van der Waals surface area (Å²) in [5.41, 5.74) is 0. The Morgan fingerprint density at radius 1 is 1.25 bits per heavy atom. The quantitative estimate of drug-likeness (QED) is 0.757. The van der Waals surface area contributed by atoms with E-state index in [1.54, 1.807) is 0 Å². The van der Waals surface area contributed by atoms with Crippen molar-refractivity contribution >= 4 is 0 Å². The van der Waals surface area contributed by atoms with Gasteiger partial charge in [-0.2, -0.15) is 0 Å². The maximum atomic E-state index is 3.54. The predicted octanol–water partition coefficient (Wildman–Crippen LogP) is 1.01. The molecule has 0 aliphatic carbocycles. The van der Waals surface area contributed by atoms with Crippen molar-refractivity contribution in [2.24, 2.45) is 5.92 Å². The topological polar surface area (TPSA) is 18.5 Å². The van der Waals surface area contributed by atoms with Crippen LogP contribution in [0, 0.1) is 5.92 Å². The molecule has 3 atom stereocenters. The first-order valence-corrected chi connectivity index (χ1v) is 6.81. The van der Waals surface area contributed by atoms with Crippen LogP contribution in [-0.2, 0) is 0 Å². The Morgan fingerprint density at radius 2 is 2.06 bits per heavy atom. The lowest BCUT2D eigenvalue weighted by molar-refractivity contribution is 0.0844. The molecule has 0 aromatic rings. The molecule has 2 heterocycles. The molecule has 0 amide bonds. The van der Waals surface area contributed by atoms with E-state index in [4.69, 9.17) is 0 Å². The molecule has 3 nitrogen and oxygen atoms in total. The highest BCUT2D eigenvalue weighted by molar-refractivity contribution is 4.82. The average molecular weight is 225 g/mol. The van der Waals surface area contributed by atoms with Crippen LogP contribution >= 0.6 is 0 Å². The van der Waals surface area contributed by atoms with Gasteiger partial charge >= 0.3 is 0 Å². The molecule has 0 saturated carbocycles. The summed E-state index contributed by atoms with van der Waals surface area (Å²) in [7, 11) is 2.24. The van der Waals surface area contributed by atoms with Crippen molar-refractivity contribution in [3.8, 4) is 0 Å². The number of rotatable bonds is 2. The second-order valence-electron chi connectivity index (χ2n) is 5.83. The number of nitrogens with zero attached hydrogens (tertiary/aromatic N) is 2. The molecule has 2 aliphatic heterocycles. The lowest BCUT2D eigenvalue weighted by Gasteiger charge is -2.40. The van der Waals surface area contributed by atoms with Gasteiger partial charge in [-0.3, -0.25) is 0 Å². The van der Waals surface area contributed by atoms with Crippen molar-refractivity contribution in [1.82, 2.24) is 15.1 Å². The molecule has 16 heavy (non-hydrogen) atoms. The van der Waals surface area contributed by atoms with Crippen molar-refractivity contribution in [3.63, 3.8) is 0 Å². The highest BCUT2D eigenvalue weighted by Crippen LogP contribution is 2.19. The molecule has 2 saturated heterocycles. The Morgan fingerprint density at radius 3 is 2.75 bits per heavy atom. The summed E-state index contributed by atoms with van der Waals surface area (Å²) < 4.78 is 0. The van der Waals surface area contributed by atoms with E-state index in [2.05, 4.69) is 36.0 Å². The summed E-state index contributed by atoms with van der Waals surface area (Å²) >= 11 is 0.